The van der Waals surface area contributed by atoms with E-state index in [1.54, 1.807) is 37.3 Å². The Morgan fingerprint density at radius 3 is 2.35 bits per heavy atom. The summed E-state index contributed by atoms with van der Waals surface area (Å²) in [6.07, 6.45) is -0.269. The predicted molar refractivity (Wildman–Crippen MR) is 154 cm³/mol. The number of thiophene rings is 1. The highest BCUT2D eigenvalue weighted by molar-refractivity contribution is 7.92. The number of para-hydroxylation sites is 1. The molecule has 0 aliphatic carbocycles. The van der Waals surface area contributed by atoms with Crippen LogP contribution in [0.1, 0.15) is 51.9 Å². The first kappa shape index (κ1) is 29.2. The van der Waals surface area contributed by atoms with Crippen LogP contribution < -0.4 is 14.9 Å². The van der Waals surface area contributed by atoms with E-state index in [1.165, 1.54) is 47.0 Å². The minimum Gasteiger partial charge on any atom is -0.450 e. The topological polar surface area (TPSA) is 125 Å². The lowest BCUT2D eigenvalue weighted by Crippen LogP contribution is -2.36. The van der Waals surface area contributed by atoms with Gasteiger partial charge in [-0.15, -0.1) is 11.3 Å². The Morgan fingerprint density at radius 1 is 1.05 bits per heavy atom. The SMILES string of the molecule is CCOC(=O)NC(=O)c1c(NC(=O)c2ccc(S(=O)(=O)N(C)c3ccccc3)cc2)sc2c1CCN(C(C)C)C2. The predicted octanol–water partition coefficient (Wildman–Crippen LogP) is 4.48. The molecule has 10 nitrogen and oxygen atoms in total. The number of nitrogens with one attached hydrogen (secondary N) is 2. The number of hydrogen-bond acceptors (Lipinski definition) is 8. The first-order valence-electron chi connectivity index (χ1n) is 12.8. The number of amides is 3. The summed E-state index contributed by atoms with van der Waals surface area (Å²) < 4.78 is 32.2. The van der Waals surface area contributed by atoms with Crippen LogP contribution in [-0.2, 0) is 27.7 Å². The Labute approximate surface area is 238 Å². The second-order valence-electron chi connectivity index (χ2n) is 9.48. The number of carbonyl (C=O) groups excluding carboxylic acids is 3. The molecule has 3 amide bonds. The maximum absolute atomic E-state index is 13.2. The number of hydrogen-bond donors (Lipinski definition) is 2. The third kappa shape index (κ3) is 6.19. The quantitative estimate of drug-likeness (QED) is 0.400. The van der Waals surface area contributed by atoms with Crippen molar-refractivity contribution in [2.75, 3.05) is 29.8 Å². The maximum Gasteiger partial charge on any atom is 0.414 e. The Balaban J connectivity index is 1.58. The van der Waals surface area contributed by atoms with Crippen molar-refractivity contribution in [2.45, 2.75) is 44.7 Å². The zero-order valence-electron chi connectivity index (χ0n) is 22.8. The van der Waals surface area contributed by atoms with Gasteiger partial charge in [0, 0.05) is 36.6 Å². The van der Waals surface area contributed by atoms with E-state index in [1.807, 2.05) is 0 Å². The summed E-state index contributed by atoms with van der Waals surface area (Å²) in [4.78, 5) is 41.5. The third-order valence-electron chi connectivity index (χ3n) is 6.66. The van der Waals surface area contributed by atoms with Crippen molar-refractivity contribution >= 4 is 50.0 Å². The zero-order valence-corrected chi connectivity index (χ0v) is 24.4. The van der Waals surface area contributed by atoms with Crippen molar-refractivity contribution in [1.29, 1.82) is 0 Å². The van der Waals surface area contributed by atoms with Gasteiger partial charge < -0.3 is 10.1 Å². The lowest BCUT2D eigenvalue weighted by molar-refractivity contribution is 0.0924. The molecule has 0 spiro atoms. The number of anilines is 2. The van der Waals surface area contributed by atoms with Gasteiger partial charge in [-0.05, 0) is 69.2 Å². The number of carbonyl (C=O) groups is 3. The minimum absolute atomic E-state index is 0.0327. The largest absolute Gasteiger partial charge is 0.450 e. The number of benzene rings is 2. The van der Waals surface area contributed by atoms with Crippen molar-refractivity contribution in [3.8, 4) is 0 Å². The zero-order chi connectivity index (χ0) is 29.0. The van der Waals surface area contributed by atoms with Crippen molar-refractivity contribution in [3.05, 3.63) is 76.2 Å². The van der Waals surface area contributed by atoms with E-state index in [-0.39, 0.29) is 22.6 Å². The summed E-state index contributed by atoms with van der Waals surface area (Å²) in [5.74, 6) is -1.15. The van der Waals surface area contributed by atoms with E-state index in [2.05, 4.69) is 29.4 Å². The molecule has 2 aromatic carbocycles. The highest BCUT2D eigenvalue weighted by Crippen LogP contribution is 2.38. The molecular weight excluding hydrogens is 552 g/mol. The fourth-order valence-electron chi connectivity index (χ4n) is 4.40. The lowest BCUT2D eigenvalue weighted by atomic mass is 10.0. The molecule has 4 rings (SSSR count). The summed E-state index contributed by atoms with van der Waals surface area (Å²) in [5.41, 5.74) is 1.77. The second kappa shape index (κ2) is 12.2. The fourth-order valence-corrected chi connectivity index (χ4v) is 6.86. The summed E-state index contributed by atoms with van der Waals surface area (Å²) in [6.45, 7) is 7.30. The molecule has 0 radical (unpaired) electrons. The van der Waals surface area contributed by atoms with Crippen LogP contribution in [0, 0.1) is 0 Å². The van der Waals surface area contributed by atoms with E-state index in [4.69, 9.17) is 4.74 Å². The number of alkyl carbamates (subject to hydrolysis) is 1. The smallest absolute Gasteiger partial charge is 0.414 e. The fraction of sp³-hybridized carbons (Fsp3) is 0.321. The molecule has 0 saturated heterocycles. The van der Waals surface area contributed by atoms with Gasteiger partial charge in [0.1, 0.15) is 5.00 Å². The molecule has 0 saturated carbocycles. The van der Waals surface area contributed by atoms with Gasteiger partial charge in [0.25, 0.3) is 21.8 Å². The van der Waals surface area contributed by atoms with Gasteiger partial charge in [-0.1, -0.05) is 18.2 Å². The summed E-state index contributed by atoms with van der Waals surface area (Å²) in [6, 6.07) is 14.6. The molecule has 0 bridgehead atoms. The molecule has 2 heterocycles. The monoisotopic (exact) mass is 584 g/mol. The first-order valence-corrected chi connectivity index (χ1v) is 15.1. The Bertz CT molecular complexity index is 1500. The van der Waals surface area contributed by atoms with Crippen LogP contribution in [0.25, 0.3) is 0 Å². The molecule has 0 unspecified atom stereocenters. The summed E-state index contributed by atoms with van der Waals surface area (Å²) in [5, 5.41) is 5.37. The van der Waals surface area contributed by atoms with Crippen LogP contribution in [-0.4, -0.2) is 57.5 Å². The molecule has 0 fully saturated rings. The minimum atomic E-state index is -3.84. The van der Waals surface area contributed by atoms with Crippen molar-refractivity contribution in [3.63, 3.8) is 0 Å². The van der Waals surface area contributed by atoms with E-state index in [9.17, 15) is 22.8 Å². The number of ether oxygens (including phenoxy) is 1. The third-order valence-corrected chi connectivity index (χ3v) is 9.59. The van der Waals surface area contributed by atoms with Gasteiger partial charge in [0.05, 0.1) is 22.8 Å². The average Bonchev–Trinajstić information content (AvgIpc) is 3.30. The van der Waals surface area contributed by atoms with Gasteiger partial charge >= 0.3 is 6.09 Å². The summed E-state index contributed by atoms with van der Waals surface area (Å²) >= 11 is 1.29. The molecule has 212 valence electrons. The van der Waals surface area contributed by atoms with Crippen LogP contribution in [0.4, 0.5) is 15.5 Å². The molecule has 3 aromatic rings. The van der Waals surface area contributed by atoms with Gasteiger partial charge in [0.15, 0.2) is 0 Å². The van der Waals surface area contributed by atoms with Gasteiger partial charge in [-0.2, -0.15) is 0 Å². The van der Waals surface area contributed by atoms with Gasteiger partial charge in [0.2, 0.25) is 0 Å². The first-order chi connectivity index (χ1) is 19.0. The number of nitrogens with zero attached hydrogens (tertiary/aromatic N) is 2. The number of rotatable bonds is 8. The van der Waals surface area contributed by atoms with Crippen LogP contribution in [0.3, 0.4) is 0 Å². The van der Waals surface area contributed by atoms with E-state index < -0.39 is 27.9 Å². The Hall–Kier alpha value is -3.74. The van der Waals surface area contributed by atoms with E-state index in [0.29, 0.717) is 29.7 Å². The highest BCUT2D eigenvalue weighted by Gasteiger charge is 2.31. The molecule has 1 aliphatic heterocycles. The van der Waals surface area contributed by atoms with E-state index in [0.717, 1.165) is 17.0 Å². The van der Waals surface area contributed by atoms with Crippen molar-refractivity contribution in [2.24, 2.45) is 0 Å². The molecule has 1 aliphatic rings. The number of imide groups is 1. The number of sulfonamides is 1. The molecular formula is C28H32N4O6S2. The van der Waals surface area contributed by atoms with Crippen molar-refractivity contribution < 1.29 is 27.5 Å². The molecule has 40 heavy (non-hydrogen) atoms. The Morgan fingerprint density at radius 2 is 1.73 bits per heavy atom. The van der Waals surface area contributed by atoms with Crippen LogP contribution in [0.5, 0.6) is 0 Å². The normalized spacial score (nSPS) is 13.4. The molecule has 2 N–H and O–H groups in total. The molecule has 1 aromatic heterocycles. The number of fused-ring (bicyclic) bond motifs is 1. The van der Waals surface area contributed by atoms with Gasteiger partial charge in [-0.3, -0.25) is 24.1 Å². The van der Waals surface area contributed by atoms with Crippen LogP contribution in [0.15, 0.2) is 59.5 Å². The molecule has 12 heteroatoms. The Kier molecular flexibility index (Phi) is 8.92. The lowest BCUT2D eigenvalue weighted by Gasteiger charge is -2.30. The van der Waals surface area contributed by atoms with Crippen LogP contribution in [0.2, 0.25) is 0 Å². The maximum atomic E-state index is 13.2. The van der Waals surface area contributed by atoms with Crippen molar-refractivity contribution in [1.82, 2.24) is 10.2 Å². The van der Waals surface area contributed by atoms with Crippen LogP contribution >= 0.6 is 11.3 Å². The van der Waals surface area contributed by atoms with E-state index >= 15 is 0 Å². The second-order valence-corrected chi connectivity index (χ2v) is 12.6. The van der Waals surface area contributed by atoms with Gasteiger partial charge in [-0.25, -0.2) is 13.2 Å². The summed E-state index contributed by atoms with van der Waals surface area (Å²) in [7, 11) is -2.37. The highest BCUT2D eigenvalue weighted by atomic mass is 32.2. The molecule has 0 atom stereocenters. The standard InChI is InChI=1S/C28H32N4O6S2/c1-5-38-28(35)30-26(34)24-22-15-16-32(18(2)3)17-23(22)39-27(24)29-25(33)19-11-13-21(14-12-19)40(36,37)31(4)20-9-7-6-8-10-20/h6-14,18H,5,15-17H2,1-4H3,(H,29,33)(H,30,34,35). The average molecular weight is 585 g/mol.